The van der Waals surface area contributed by atoms with Crippen molar-refractivity contribution in [3.63, 3.8) is 0 Å². The summed E-state index contributed by atoms with van der Waals surface area (Å²) in [5.41, 5.74) is 7.53. The third-order valence-electron chi connectivity index (χ3n) is 2.16. The number of aromatic nitrogens is 2. The van der Waals surface area contributed by atoms with Gasteiger partial charge in [0, 0.05) is 18.8 Å². The zero-order valence-corrected chi connectivity index (χ0v) is 9.54. The molecule has 15 heavy (non-hydrogen) atoms. The number of ether oxygens (including phenoxy) is 2. The summed E-state index contributed by atoms with van der Waals surface area (Å²) >= 11 is 0. The van der Waals surface area contributed by atoms with Crippen molar-refractivity contribution in [1.82, 2.24) is 10.2 Å². The minimum absolute atomic E-state index is 0.389. The standard InChI is InChI=1S/C10H19N3O2/c1-4-7-8(12-13-9(7)11)10(14-5-2)15-6-3/h10H,4-6H2,1-3H3,(H3,11,12,13). The molecule has 0 aromatic carbocycles. The maximum Gasteiger partial charge on any atom is 0.200 e. The van der Waals surface area contributed by atoms with Crippen LogP contribution < -0.4 is 5.73 Å². The first-order valence-electron chi connectivity index (χ1n) is 5.30. The van der Waals surface area contributed by atoms with Gasteiger partial charge < -0.3 is 15.2 Å². The number of anilines is 1. The van der Waals surface area contributed by atoms with Gasteiger partial charge in [0.15, 0.2) is 0 Å². The van der Waals surface area contributed by atoms with E-state index in [1.165, 1.54) is 0 Å². The summed E-state index contributed by atoms with van der Waals surface area (Å²) in [6.45, 7) is 7.06. The van der Waals surface area contributed by atoms with Crippen molar-refractivity contribution < 1.29 is 9.47 Å². The van der Waals surface area contributed by atoms with Crippen LogP contribution in [0.2, 0.25) is 0 Å². The number of hydrogen-bond acceptors (Lipinski definition) is 4. The van der Waals surface area contributed by atoms with Crippen molar-refractivity contribution in [3.05, 3.63) is 11.3 Å². The van der Waals surface area contributed by atoms with Crippen LogP contribution in [-0.4, -0.2) is 23.4 Å². The smallest absolute Gasteiger partial charge is 0.200 e. The highest BCUT2D eigenvalue weighted by molar-refractivity contribution is 5.42. The molecule has 0 saturated heterocycles. The fraction of sp³-hybridized carbons (Fsp3) is 0.700. The van der Waals surface area contributed by atoms with E-state index in [9.17, 15) is 0 Å². The fourth-order valence-electron chi connectivity index (χ4n) is 1.48. The summed E-state index contributed by atoms with van der Waals surface area (Å²) in [6, 6.07) is 0. The maximum atomic E-state index is 5.73. The molecule has 1 heterocycles. The Hall–Kier alpha value is -1.07. The lowest BCUT2D eigenvalue weighted by Crippen LogP contribution is -2.11. The molecule has 1 aromatic heterocycles. The lowest BCUT2D eigenvalue weighted by Gasteiger charge is -2.16. The van der Waals surface area contributed by atoms with Crippen LogP contribution in [-0.2, 0) is 15.9 Å². The molecule has 0 aliphatic carbocycles. The molecule has 0 amide bonds. The van der Waals surface area contributed by atoms with E-state index in [1.54, 1.807) is 0 Å². The van der Waals surface area contributed by atoms with Crippen molar-refractivity contribution in [2.45, 2.75) is 33.5 Å². The van der Waals surface area contributed by atoms with Gasteiger partial charge in [-0.2, -0.15) is 5.10 Å². The first-order chi connectivity index (χ1) is 7.24. The Morgan fingerprint density at radius 2 is 1.87 bits per heavy atom. The number of aromatic amines is 1. The molecule has 0 unspecified atom stereocenters. The van der Waals surface area contributed by atoms with E-state index in [1.807, 2.05) is 20.8 Å². The van der Waals surface area contributed by atoms with Gasteiger partial charge >= 0.3 is 0 Å². The third-order valence-corrected chi connectivity index (χ3v) is 2.16. The third kappa shape index (κ3) is 2.70. The van der Waals surface area contributed by atoms with Crippen LogP contribution in [0.3, 0.4) is 0 Å². The van der Waals surface area contributed by atoms with E-state index in [2.05, 4.69) is 10.2 Å². The summed E-state index contributed by atoms with van der Waals surface area (Å²) in [7, 11) is 0. The molecule has 1 rings (SSSR count). The number of nitrogens with two attached hydrogens (primary N) is 1. The topological polar surface area (TPSA) is 73.2 Å². The van der Waals surface area contributed by atoms with Crippen LogP contribution in [0.1, 0.15) is 38.3 Å². The average Bonchev–Trinajstić information content (AvgIpc) is 2.59. The summed E-state index contributed by atoms with van der Waals surface area (Å²) in [6.07, 6.45) is 0.425. The molecule has 0 saturated carbocycles. The number of hydrogen-bond donors (Lipinski definition) is 2. The second kappa shape index (κ2) is 5.72. The predicted octanol–water partition coefficient (Wildman–Crippen LogP) is 1.63. The van der Waals surface area contributed by atoms with E-state index < -0.39 is 0 Å². The maximum absolute atomic E-state index is 5.73. The van der Waals surface area contributed by atoms with Gasteiger partial charge in [0.25, 0.3) is 0 Å². The second-order valence-electron chi connectivity index (χ2n) is 3.10. The number of H-pyrrole nitrogens is 1. The second-order valence-corrected chi connectivity index (χ2v) is 3.10. The number of nitrogen functional groups attached to an aromatic ring is 1. The van der Waals surface area contributed by atoms with Gasteiger partial charge in [0.2, 0.25) is 6.29 Å². The van der Waals surface area contributed by atoms with E-state index >= 15 is 0 Å². The largest absolute Gasteiger partial charge is 0.382 e. The molecule has 3 N–H and O–H groups in total. The highest BCUT2D eigenvalue weighted by Crippen LogP contribution is 2.24. The van der Waals surface area contributed by atoms with Gasteiger partial charge in [0.05, 0.1) is 5.69 Å². The molecule has 1 aromatic rings. The van der Waals surface area contributed by atoms with Crippen LogP contribution in [0.25, 0.3) is 0 Å². The van der Waals surface area contributed by atoms with Crippen LogP contribution in [0.4, 0.5) is 5.82 Å². The van der Waals surface area contributed by atoms with E-state index in [4.69, 9.17) is 15.2 Å². The summed E-state index contributed by atoms with van der Waals surface area (Å²) < 4.78 is 11.0. The van der Waals surface area contributed by atoms with Crippen LogP contribution in [0, 0.1) is 0 Å². The zero-order valence-electron chi connectivity index (χ0n) is 9.54. The van der Waals surface area contributed by atoms with E-state index in [0.29, 0.717) is 19.0 Å². The molecule has 0 atom stereocenters. The van der Waals surface area contributed by atoms with Crippen molar-refractivity contribution in [2.24, 2.45) is 0 Å². The number of nitrogens with zero attached hydrogens (tertiary/aromatic N) is 1. The van der Waals surface area contributed by atoms with Gasteiger partial charge in [-0.15, -0.1) is 0 Å². The first-order valence-corrected chi connectivity index (χ1v) is 5.30. The van der Waals surface area contributed by atoms with Gasteiger partial charge in [-0.3, -0.25) is 5.10 Å². The van der Waals surface area contributed by atoms with E-state index in [-0.39, 0.29) is 6.29 Å². The van der Waals surface area contributed by atoms with Gasteiger partial charge in [-0.05, 0) is 20.3 Å². The molecule has 86 valence electrons. The number of nitrogens with one attached hydrogen (secondary N) is 1. The Labute approximate surface area is 90.0 Å². The number of rotatable bonds is 6. The SMILES string of the molecule is CCOC(OCC)c1[nH]nc(N)c1CC. The van der Waals surface area contributed by atoms with Crippen molar-refractivity contribution in [1.29, 1.82) is 0 Å². The van der Waals surface area contributed by atoms with E-state index in [0.717, 1.165) is 17.7 Å². The molecular weight excluding hydrogens is 194 g/mol. The van der Waals surface area contributed by atoms with Crippen molar-refractivity contribution >= 4 is 5.82 Å². The quantitative estimate of drug-likeness (QED) is 0.704. The molecule has 0 spiro atoms. The normalized spacial score (nSPS) is 11.2. The van der Waals surface area contributed by atoms with Gasteiger partial charge in [0.1, 0.15) is 5.82 Å². The van der Waals surface area contributed by atoms with Crippen LogP contribution in [0.15, 0.2) is 0 Å². The highest BCUT2D eigenvalue weighted by atomic mass is 16.7. The summed E-state index contributed by atoms with van der Waals surface area (Å²) in [5, 5.41) is 6.84. The molecule has 0 radical (unpaired) electrons. The molecule has 0 bridgehead atoms. The monoisotopic (exact) mass is 213 g/mol. The zero-order chi connectivity index (χ0) is 11.3. The first kappa shape index (κ1) is 12.0. The van der Waals surface area contributed by atoms with Crippen LogP contribution >= 0.6 is 0 Å². The summed E-state index contributed by atoms with van der Waals surface area (Å²) in [5.74, 6) is 0.525. The average molecular weight is 213 g/mol. The molecule has 0 aliphatic rings. The van der Waals surface area contributed by atoms with Gasteiger partial charge in [-0.25, -0.2) is 0 Å². The summed E-state index contributed by atoms with van der Waals surface area (Å²) in [4.78, 5) is 0. The molecule has 5 heteroatoms. The highest BCUT2D eigenvalue weighted by Gasteiger charge is 2.19. The minimum Gasteiger partial charge on any atom is -0.382 e. The van der Waals surface area contributed by atoms with Crippen molar-refractivity contribution in [3.8, 4) is 0 Å². The Morgan fingerprint density at radius 3 is 2.33 bits per heavy atom. The Bertz CT molecular complexity index is 293. The molecular formula is C10H19N3O2. The van der Waals surface area contributed by atoms with Gasteiger partial charge in [-0.1, -0.05) is 6.92 Å². The van der Waals surface area contributed by atoms with Crippen LogP contribution in [0.5, 0.6) is 0 Å². The lowest BCUT2D eigenvalue weighted by molar-refractivity contribution is -0.143. The molecule has 0 fully saturated rings. The predicted molar refractivity (Wildman–Crippen MR) is 58.4 cm³/mol. The Balaban J connectivity index is 2.88. The Morgan fingerprint density at radius 1 is 1.27 bits per heavy atom. The lowest BCUT2D eigenvalue weighted by atomic mass is 10.2. The fourth-order valence-corrected chi connectivity index (χ4v) is 1.48. The van der Waals surface area contributed by atoms with Crippen molar-refractivity contribution in [2.75, 3.05) is 18.9 Å². The Kier molecular flexibility index (Phi) is 4.58. The molecule has 5 nitrogen and oxygen atoms in total. The minimum atomic E-state index is -0.389. The molecule has 0 aliphatic heterocycles.